The van der Waals surface area contributed by atoms with Crippen LogP contribution in [-0.4, -0.2) is 27.5 Å². The third kappa shape index (κ3) is 3.90. The number of halogens is 4. The van der Waals surface area contributed by atoms with Crippen molar-refractivity contribution in [3.63, 3.8) is 0 Å². The van der Waals surface area contributed by atoms with Crippen molar-refractivity contribution in [1.29, 1.82) is 0 Å². The lowest BCUT2D eigenvalue weighted by molar-refractivity contribution is -0.137. The number of imidazole rings is 1. The van der Waals surface area contributed by atoms with E-state index in [4.69, 9.17) is 0 Å². The Bertz CT molecular complexity index is 993. The molecule has 0 radical (unpaired) electrons. The Morgan fingerprint density at radius 2 is 1.96 bits per heavy atom. The normalized spacial score (nSPS) is 18.7. The third-order valence-corrected chi connectivity index (χ3v) is 5.42. The summed E-state index contributed by atoms with van der Waals surface area (Å²) in [5.41, 5.74) is 2.64. The number of rotatable bonds is 3. The second-order valence-electron chi connectivity index (χ2n) is 7.52. The summed E-state index contributed by atoms with van der Waals surface area (Å²) in [6.45, 7) is 1.84. The lowest BCUT2D eigenvalue weighted by Crippen LogP contribution is -2.34. The van der Waals surface area contributed by atoms with Gasteiger partial charge in [0.15, 0.2) is 0 Å². The van der Waals surface area contributed by atoms with Gasteiger partial charge in [0, 0.05) is 20.1 Å². The molecule has 1 saturated heterocycles. The summed E-state index contributed by atoms with van der Waals surface area (Å²) in [6.07, 6.45) is -0.782. The van der Waals surface area contributed by atoms with Crippen molar-refractivity contribution in [1.82, 2.24) is 14.5 Å². The summed E-state index contributed by atoms with van der Waals surface area (Å²) < 4.78 is 54.5. The topological polar surface area (TPSA) is 21.1 Å². The maximum atomic E-state index is 13.7. The molecule has 1 atom stereocenters. The van der Waals surface area contributed by atoms with Crippen molar-refractivity contribution >= 4 is 11.0 Å². The molecular weight excluding hydrogens is 370 g/mol. The maximum absolute atomic E-state index is 13.7. The van der Waals surface area contributed by atoms with Gasteiger partial charge in [-0.15, -0.1) is 0 Å². The Labute approximate surface area is 160 Å². The number of likely N-dealkylation sites (tertiary alicyclic amines) is 1. The van der Waals surface area contributed by atoms with Crippen LogP contribution < -0.4 is 0 Å². The molecule has 0 unspecified atom stereocenters. The van der Waals surface area contributed by atoms with E-state index in [1.807, 2.05) is 17.7 Å². The van der Waals surface area contributed by atoms with E-state index in [0.29, 0.717) is 24.1 Å². The number of fused-ring (bicyclic) bond motifs is 1. The van der Waals surface area contributed by atoms with Crippen LogP contribution in [0.3, 0.4) is 0 Å². The highest BCUT2D eigenvalue weighted by Crippen LogP contribution is 2.32. The number of aromatic nitrogens is 2. The van der Waals surface area contributed by atoms with E-state index in [1.165, 1.54) is 11.6 Å². The quantitative estimate of drug-likeness (QED) is 0.579. The van der Waals surface area contributed by atoms with E-state index in [-0.39, 0.29) is 0 Å². The van der Waals surface area contributed by atoms with Crippen molar-refractivity contribution < 1.29 is 17.6 Å². The predicted molar refractivity (Wildman–Crippen MR) is 99.4 cm³/mol. The van der Waals surface area contributed by atoms with Gasteiger partial charge >= 0.3 is 6.18 Å². The highest BCUT2D eigenvalue weighted by Gasteiger charge is 2.31. The van der Waals surface area contributed by atoms with Gasteiger partial charge in [-0.3, -0.25) is 4.90 Å². The number of aryl methyl sites for hydroxylation is 1. The number of benzene rings is 2. The molecule has 7 heteroatoms. The molecule has 1 aliphatic heterocycles. The molecule has 148 valence electrons. The van der Waals surface area contributed by atoms with E-state index in [0.717, 1.165) is 43.0 Å². The van der Waals surface area contributed by atoms with Gasteiger partial charge in [0.05, 0.1) is 22.9 Å². The Balaban J connectivity index is 1.52. The second kappa shape index (κ2) is 7.20. The van der Waals surface area contributed by atoms with Crippen molar-refractivity contribution in [2.75, 3.05) is 13.1 Å². The number of nitrogens with zero attached hydrogens (tertiary/aromatic N) is 3. The maximum Gasteiger partial charge on any atom is 0.416 e. The Hall–Kier alpha value is -2.41. The fourth-order valence-corrected chi connectivity index (χ4v) is 4.03. The molecule has 28 heavy (non-hydrogen) atoms. The first-order valence-corrected chi connectivity index (χ1v) is 9.29. The van der Waals surface area contributed by atoms with E-state index >= 15 is 0 Å². The minimum Gasteiger partial charge on any atom is -0.334 e. The van der Waals surface area contributed by atoms with Crippen molar-refractivity contribution in [3.05, 3.63) is 65.2 Å². The molecule has 0 saturated carbocycles. The Morgan fingerprint density at radius 1 is 1.14 bits per heavy atom. The van der Waals surface area contributed by atoms with Crippen LogP contribution in [0.5, 0.6) is 0 Å². The van der Waals surface area contributed by atoms with Crippen LogP contribution in [0.1, 0.15) is 35.4 Å². The van der Waals surface area contributed by atoms with Crippen LogP contribution in [0.4, 0.5) is 17.6 Å². The van der Waals surface area contributed by atoms with Crippen molar-refractivity contribution in [2.45, 2.75) is 31.5 Å². The molecular formula is C21H21F4N3. The second-order valence-corrected chi connectivity index (χ2v) is 7.52. The summed E-state index contributed by atoms with van der Waals surface area (Å²) in [4.78, 5) is 6.44. The summed E-state index contributed by atoms with van der Waals surface area (Å²) in [5, 5.41) is 0. The van der Waals surface area contributed by atoms with Crippen LogP contribution in [0.2, 0.25) is 0 Å². The Kier molecular flexibility index (Phi) is 4.87. The minimum absolute atomic E-state index is 0.295. The van der Waals surface area contributed by atoms with Crippen molar-refractivity contribution in [3.8, 4) is 0 Å². The molecule has 2 heterocycles. The molecule has 0 aliphatic carbocycles. The first-order chi connectivity index (χ1) is 13.3. The van der Waals surface area contributed by atoms with E-state index in [2.05, 4.69) is 22.0 Å². The van der Waals surface area contributed by atoms with Gasteiger partial charge in [0.1, 0.15) is 5.82 Å². The highest BCUT2D eigenvalue weighted by atomic mass is 19.4. The van der Waals surface area contributed by atoms with Gasteiger partial charge < -0.3 is 4.57 Å². The molecule has 4 rings (SSSR count). The van der Waals surface area contributed by atoms with E-state index in [9.17, 15) is 17.6 Å². The van der Waals surface area contributed by atoms with Gasteiger partial charge in [-0.25, -0.2) is 9.37 Å². The molecule has 3 nitrogen and oxygen atoms in total. The molecule has 0 bridgehead atoms. The van der Waals surface area contributed by atoms with Gasteiger partial charge in [0.2, 0.25) is 0 Å². The molecule has 2 aromatic carbocycles. The summed E-state index contributed by atoms with van der Waals surface area (Å²) in [5.74, 6) is -0.552. The SMILES string of the molecule is Cn1cnc2ccc([C@@H]3CCCN(Cc4cc(F)cc(C(F)(F)F)c4)C3)cc21. The van der Waals surface area contributed by atoms with Gasteiger partial charge in [-0.1, -0.05) is 6.07 Å². The molecule has 0 N–H and O–H groups in total. The average molecular weight is 391 g/mol. The van der Waals surface area contributed by atoms with E-state index < -0.39 is 17.6 Å². The highest BCUT2D eigenvalue weighted by molar-refractivity contribution is 5.76. The van der Waals surface area contributed by atoms with Crippen LogP contribution in [-0.2, 0) is 19.8 Å². The van der Waals surface area contributed by atoms with Gasteiger partial charge in [0.25, 0.3) is 0 Å². The summed E-state index contributed by atoms with van der Waals surface area (Å²) in [7, 11) is 1.95. The zero-order chi connectivity index (χ0) is 19.9. The average Bonchev–Trinajstić information content (AvgIpc) is 3.01. The monoisotopic (exact) mass is 391 g/mol. The van der Waals surface area contributed by atoms with Crippen LogP contribution in [0.15, 0.2) is 42.7 Å². The summed E-state index contributed by atoms with van der Waals surface area (Å²) >= 11 is 0. The minimum atomic E-state index is -4.54. The molecule has 1 fully saturated rings. The van der Waals surface area contributed by atoms with Gasteiger partial charge in [-0.2, -0.15) is 13.2 Å². The molecule has 3 aromatic rings. The fourth-order valence-electron chi connectivity index (χ4n) is 4.03. The standard InChI is InChI=1S/C21H21F4N3/c1-27-13-26-19-5-4-15(9-20(19)27)16-3-2-6-28(12-16)11-14-7-17(21(23,24)25)10-18(22)8-14/h4-5,7-10,13,16H,2-3,6,11-12H2,1H3/t16-/m1/s1. The largest absolute Gasteiger partial charge is 0.416 e. The lowest BCUT2D eigenvalue weighted by atomic mass is 9.90. The van der Waals surface area contributed by atoms with E-state index in [1.54, 1.807) is 6.33 Å². The number of hydrogen-bond acceptors (Lipinski definition) is 2. The molecule has 1 aromatic heterocycles. The zero-order valence-corrected chi connectivity index (χ0v) is 15.5. The number of alkyl halides is 3. The molecule has 0 amide bonds. The number of hydrogen-bond donors (Lipinski definition) is 0. The Morgan fingerprint density at radius 3 is 2.75 bits per heavy atom. The van der Waals surface area contributed by atoms with Crippen LogP contribution in [0.25, 0.3) is 11.0 Å². The number of piperidine rings is 1. The fraction of sp³-hybridized carbons (Fsp3) is 0.381. The van der Waals surface area contributed by atoms with Crippen LogP contribution in [0, 0.1) is 5.82 Å². The summed E-state index contributed by atoms with van der Waals surface area (Å²) in [6, 6.07) is 9.01. The smallest absolute Gasteiger partial charge is 0.334 e. The van der Waals surface area contributed by atoms with Crippen LogP contribution >= 0.6 is 0 Å². The predicted octanol–water partition coefficient (Wildman–Crippen LogP) is 5.11. The van der Waals surface area contributed by atoms with Gasteiger partial charge in [-0.05, 0) is 66.8 Å². The third-order valence-electron chi connectivity index (χ3n) is 5.42. The molecule has 1 aliphatic rings. The van der Waals surface area contributed by atoms with Crippen molar-refractivity contribution in [2.24, 2.45) is 7.05 Å². The molecule has 0 spiro atoms. The zero-order valence-electron chi connectivity index (χ0n) is 15.5. The first-order valence-electron chi connectivity index (χ1n) is 9.29. The first kappa shape index (κ1) is 18.9. The lowest BCUT2D eigenvalue weighted by Gasteiger charge is -2.33.